The van der Waals surface area contributed by atoms with Crippen LogP contribution in [0.2, 0.25) is 0 Å². The predicted octanol–water partition coefficient (Wildman–Crippen LogP) is 5.11. The molecule has 6 nitrogen and oxygen atoms in total. The quantitative estimate of drug-likeness (QED) is 0.188. The number of anilines is 1. The zero-order valence-corrected chi connectivity index (χ0v) is 22.3. The predicted molar refractivity (Wildman–Crippen MR) is 142 cm³/mol. The Morgan fingerprint density at radius 2 is 1.21 bits per heavy atom. The molecule has 3 N–H and O–H groups in total. The van der Waals surface area contributed by atoms with Crippen LogP contribution in [-0.2, 0) is 10.0 Å². The first-order valence-corrected chi connectivity index (χ1v) is 14.7. The molecule has 0 bridgehead atoms. The zero-order valence-electron chi connectivity index (χ0n) is 21.5. The molecular weight excluding hydrogens is 432 g/mol. The van der Waals surface area contributed by atoms with Gasteiger partial charge in [0, 0.05) is 12.2 Å². The Morgan fingerprint density at radius 3 is 1.82 bits per heavy atom. The van der Waals surface area contributed by atoms with Crippen LogP contribution in [0.4, 0.5) is 5.69 Å². The first-order valence-electron chi connectivity index (χ1n) is 13.2. The standard InChI is InChI=1S/C26H50N4O2S/c1-4-7-8-9-10-11-12-13-21-30(24-15-23-29(5-2)6-3)22-14-20-28-33(31,32)26-18-16-25(27)17-19-26/h16-19,28H,4-15,20-24,27H2,1-3H3. The normalized spacial score (nSPS) is 12.2. The molecule has 0 aliphatic heterocycles. The summed E-state index contributed by atoms with van der Waals surface area (Å²) in [5, 5.41) is 0. The zero-order chi connectivity index (χ0) is 24.4. The summed E-state index contributed by atoms with van der Waals surface area (Å²) < 4.78 is 27.7. The van der Waals surface area contributed by atoms with Gasteiger partial charge in [-0.1, -0.05) is 65.7 Å². The molecule has 0 fully saturated rings. The fraction of sp³-hybridized carbons (Fsp3) is 0.769. The average Bonchev–Trinajstić information content (AvgIpc) is 2.81. The van der Waals surface area contributed by atoms with Crippen molar-refractivity contribution in [1.82, 2.24) is 14.5 Å². The van der Waals surface area contributed by atoms with Gasteiger partial charge in [-0.15, -0.1) is 0 Å². The number of nitrogens with one attached hydrogen (secondary N) is 1. The van der Waals surface area contributed by atoms with Gasteiger partial charge in [0.1, 0.15) is 0 Å². The molecule has 0 aliphatic carbocycles. The van der Waals surface area contributed by atoms with Crippen molar-refractivity contribution in [2.24, 2.45) is 0 Å². The van der Waals surface area contributed by atoms with E-state index in [9.17, 15) is 8.42 Å². The molecule has 0 saturated carbocycles. The Balaban J connectivity index is 2.39. The molecular formula is C26H50N4O2S. The van der Waals surface area contributed by atoms with Gasteiger partial charge in [0.2, 0.25) is 10.0 Å². The van der Waals surface area contributed by atoms with Gasteiger partial charge in [-0.2, -0.15) is 0 Å². The van der Waals surface area contributed by atoms with Gasteiger partial charge in [0.05, 0.1) is 4.90 Å². The Bertz CT molecular complexity index is 691. The molecule has 33 heavy (non-hydrogen) atoms. The Kier molecular flexibility index (Phi) is 16.5. The third kappa shape index (κ3) is 14.0. The fourth-order valence-corrected chi connectivity index (χ4v) is 5.18. The summed E-state index contributed by atoms with van der Waals surface area (Å²) in [7, 11) is -3.47. The molecule has 0 unspecified atom stereocenters. The van der Waals surface area contributed by atoms with Crippen molar-refractivity contribution in [1.29, 1.82) is 0 Å². The molecule has 192 valence electrons. The molecule has 0 atom stereocenters. The van der Waals surface area contributed by atoms with E-state index >= 15 is 0 Å². The van der Waals surface area contributed by atoms with Gasteiger partial charge in [-0.25, -0.2) is 13.1 Å². The molecule has 1 aromatic rings. The fourth-order valence-electron chi connectivity index (χ4n) is 4.10. The minimum atomic E-state index is -3.47. The van der Waals surface area contributed by atoms with Crippen LogP contribution in [0.1, 0.15) is 85.0 Å². The van der Waals surface area contributed by atoms with Crippen LogP contribution in [0.25, 0.3) is 0 Å². The number of unbranched alkanes of at least 4 members (excludes halogenated alkanes) is 7. The third-order valence-corrected chi connectivity index (χ3v) is 7.78. The second-order valence-electron chi connectivity index (χ2n) is 9.02. The maximum absolute atomic E-state index is 12.5. The van der Waals surface area contributed by atoms with Gasteiger partial charge in [0.25, 0.3) is 0 Å². The van der Waals surface area contributed by atoms with E-state index in [2.05, 4.69) is 35.3 Å². The first kappa shape index (κ1) is 29.9. The Morgan fingerprint density at radius 1 is 0.697 bits per heavy atom. The third-order valence-electron chi connectivity index (χ3n) is 6.30. The maximum atomic E-state index is 12.5. The van der Waals surface area contributed by atoms with Crippen LogP contribution in [0, 0.1) is 0 Å². The molecule has 0 saturated heterocycles. The van der Waals surface area contributed by atoms with Crippen LogP contribution < -0.4 is 10.5 Å². The number of nitrogens with zero attached hydrogens (tertiary/aromatic N) is 2. The lowest BCUT2D eigenvalue weighted by Gasteiger charge is -2.24. The van der Waals surface area contributed by atoms with Crippen LogP contribution in [-0.4, -0.2) is 64.0 Å². The van der Waals surface area contributed by atoms with Gasteiger partial charge in [-0.05, 0) is 82.8 Å². The SMILES string of the molecule is CCCCCCCCCCN(CCCNS(=O)(=O)c1ccc(N)cc1)CCCN(CC)CC. The molecule has 0 amide bonds. The molecule has 0 aliphatic rings. The summed E-state index contributed by atoms with van der Waals surface area (Å²) in [4.78, 5) is 5.26. The van der Waals surface area contributed by atoms with Crippen molar-refractivity contribution in [3.63, 3.8) is 0 Å². The van der Waals surface area contributed by atoms with E-state index in [1.54, 1.807) is 24.3 Å². The lowest BCUT2D eigenvalue weighted by atomic mass is 10.1. The molecule has 7 heteroatoms. The smallest absolute Gasteiger partial charge is 0.240 e. The van der Waals surface area contributed by atoms with Crippen LogP contribution in [0.5, 0.6) is 0 Å². The number of nitrogen functional groups attached to an aromatic ring is 1. The van der Waals surface area contributed by atoms with Gasteiger partial charge >= 0.3 is 0 Å². The van der Waals surface area contributed by atoms with Gasteiger partial charge in [0.15, 0.2) is 0 Å². The summed E-state index contributed by atoms with van der Waals surface area (Å²) in [6, 6.07) is 6.35. The topological polar surface area (TPSA) is 78.7 Å². The van der Waals surface area contributed by atoms with E-state index in [0.717, 1.165) is 52.1 Å². The number of sulfonamides is 1. The van der Waals surface area contributed by atoms with Crippen LogP contribution >= 0.6 is 0 Å². The van der Waals surface area contributed by atoms with E-state index in [1.807, 2.05) is 0 Å². The van der Waals surface area contributed by atoms with E-state index in [-0.39, 0.29) is 4.90 Å². The highest BCUT2D eigenvalue weighted by Gasteiger charge is 2.13. The van der Waals surface area contributed by atoms with Crippen LogP contribution in [0.3, 0.4) is 0 Å². The minimum absolute atomic E-state index is 0.270. The number of nitrogens with two attached hydrogens (primary N) is 1. The molecule has 0 radical (unpaired) electrons. The highest BCUT2D eigenvalue weighted by Crippen LogP contribution is 2.12. The summed E-state index contributed by atoms with van der Waals surface area (Å²) in [6.45, 7) is 13.6. The number of rotatable bonds is 21. The number of hydrogen-bond donors (Lipinski definition) is 2. The van der Waals surface area contributed by atoms with Crippen LogP contribution in [0.15, 0.2) is 29.2 Å². The van der Waals surface area contributed by atoms with E-state index in [0.29, 0.717) is 12.2 Å². The summed E-state index contributed by atoms with van der Waals surface area (Å²) in [5.41, 5.74) is 6.23. The van der Waals surface area contributed by atoms with Crippen molar-refractivity contribution in [2.45, 2.75) is 89.9 Å². The first-order chi connectivity index (χ1) is 15.9. The summed E-state index contributed by atoms with van der Waals surface area (Å²) in [6.07, 6.45) is 12.6. The maximum Gasteiger partial charge on any atom is 0.240 e. The Hall–Kier alpha value is -1.15. The van der Waals surface area contributed by atoms with Crippen molar-refractivity contribution in [2.75, 3.05) is 51.5 Å². The Labute approximate surface area is 204 Å². The van der Waals surface area contributed by atoms with E-state index in [1.165, 1.54) is 51.4 Å². The average molecular weight is 483 g/mol. The molecule has 0 spiro atoms. The highest BCUT2D eigenvalue weighted by molar-refractivity contribution is 7.89. The lowest BCUT2D eigenvalue weighted by molar-refractivity contribution is 0.231. The monoisotopic (exact) mass is 482 g/mol. The number of benzene rings is 1. The molecule has 0 heterocycles. The molecule has 1 rings (SSSR count). The van der Waals surface area contributed by atoms with Crippen molar-refractivity contribution in [3.8, 4) is 0 Å². The van der Waals surface area contributed by atoms with Gasteiger partial charge < -0.3 is 15.5 Å². The second kappa shape index (κ2) is 18.2. The summed E-state index contributed by atoms with van der Waals surface area (Å²) in [5.74, 6) is 0. The van der Waals surface area contributed by atoms with E-state index < -0.39 is 10.0 Å². The lowest BCUT2D eigenvalue weighted by Crippen LogP contribution is -2.33. The van der Waals surface area contributed by atoms with E-state index in [4.69, 9.17) is 5.73 Å². The van der Waals surface area contributed by atoms with Crippen molar-refractivity contribution in [3.05, 3.63) is 24.3 Å². The molecule has 1 aromatic carbocycles. The second-order valence-corrected chi connectivity index (χ2v) is 10.8. The van der Waals surface area contributed by atoms with Crippen molar-refractivity contribution >= 4 is 15.7 Å². The van der Waals surface area contributed by atoms with Crippen molar-refractivity contribution < 1.29 is 8.42 Å². The molecule has 0 aromatic heterocycles. The highest BCUT2D eigenvalue weighted by atomic mass is 32.2. The van der Waals surface area contributed by atoms with Gasteiger partial charge in [-0.3, -0.25) is 0 Å². The minimum Gasteiger partial charge on any atom is -0.399 e. The number of hydrogen-bond acceptors (Lipinski definition) is 5. The largest absolute Gasteiger partial charge is 0.399 e. The summed E-state index contributed by atoms with van der Waals surface area (Å²) >= 11 is 0.